The quantitative estimate of drug-likeness (QED) is 0.708. The van der Waals surface area contributed by atoms with Crippen LogP contribution in [0.25, 0.3) is 0 Å². The molecule has 6 nitrogen and oxygen atoms in total. The molecule has 1 N–H and O–H groups in total. The van der Waals surface area contributed by atoms with Crippen molar-refractivity contribution in [3.8, 4) is 11.5 Å². The number of anilines is 1. The minimum absolute atomic E-state index is 0.0589. The van der Waals surface area contributed by atoms with Gasteiger partial charge in [0.05, 0.1) is 29.2 Å². The predicted octanol–water partition coefficient (Wildman–Crippen LogP) is 4.16. The number of nitrogens with one attached hydrogen (secondary N) is 1. The molecule has 3 rings (SSSR count). The van der Waals surface area contributed by atoms with Gasteiger partial charge in [0, 0.05) is 6.54 Å². The minimum Gasteiger partial charge on any atom is -0.486 e. The van der Waals surface area contributed by atoms with E-state index < -0.39 is 17.6 Å². The van der Waals surface area contributed by atoms with E-state index in [1.54, 1.807) is 19.1 Å². The molecule has 0 aromatic heterocycles. The van der Waals surface area contributed by atoms with Crippen molar-refractivity contribution >= 4 is 29.1 Å². The molecule has 0 aliphatic carbocycles. The molecule has 166 valence electrons. The van der Waals surface area contributed by atoms with Crippen molar-refractivity contribution in [1.29, 1.82) is 0 Å². The first-order valence-electron chi connectivity index (χ1n) is 9.51. The van der Waals surface area contributed by atoms with Crippen molar-refractivity contribution in [2.45, 2.75) is 19.5 Å². The lowest BCUT2D eigenvalue weighted by molar-refractivity contribution is -0.137. The van der Waals surface area contributed by atoms with Gasteiger partial charge in [0.25, 0.3) is 0 Å². The molecule has 1 heterocycles. The van der Waals surface area contributed by atoms with E-state index in [4.69, 9.17) is 21.1 Å². The first kappa shape index (κ1) is 22.7. The smallest absolute Gasteiger partial charge is 0.418 e. The molecule has 1 aliphatic heterocycles. The number of benzene rings is 2. The molecule has 2 aromatic carbocycles. The average Bonchev–Trinajstić information content (AvgIpc) is 2.71. The molecular weight excluding hydrogens is 437 g/mol. The molecule has 0 radical (unpaired) electrons. The zero-order valence-corrected chi connectivity index (χ0v) is 17.3. The molecule has 0 spiro atoms. The molecule has 0 fully saturated rings. The van der Waals surface area contributed by atoms with E-state index >= 15 is 0 Å². The lowest BCUT2D eigenvalue weighted by Crippen LogP contribution is -2.39. The van der Waals surface area contributed by atoms with Crippen molar-refractivity contribution in [1.82, 2.24) is 4.90 Å². The maximum absolute atomic E-state index is 13.1. The number of carbonyl (C=O) groups is 2. The Bertz CT molecular complexity index is 982. The van der Waals surface area contributed by atoms with Gasteiger partial charge in [0.15, 0.2) is 11.5 Å². The van der Waals surface area contributed by atoms with Gasteiger partial charge in [0.2, 0.25) is 11.8 Å². The number of ether oxygens (including phenoxy) is 2. The molecule has 0 atom stereocenters. The number of amides is 2. The summed E-state index contributed by atoms with van der Waals surface area (Å²) < 4.78 is 50.2. The normalized spacial score (nSPS) is 12.9. The Morgan fingerprint density at radius 1 is 1.16 bits per heavy atom. The molecule has 0 bridgehead atoms. The topological polar surface area (TPSA) is 67.9 Å². The number of fused-ring (bicyclic) bond motifs is 1. The number of likely N-dealkylation sites (N-methyl/N-ethyl adjacent to an activating group) is 1. The second kappa shape index (κ2) is 9.47. The Balaban J connectivity index is 1.67. The highest BCUT2D eigenvalue weighted by molar-refractivity contribution is 6.32. The second-order valence-corrected chi connectivity index (χ2v) is 7.19. The van der Waals surface area contributed by atoms with Crippen LogP contribution in [-0.2, 0) is 22.2 Å². The predicted molar refractivity (Wildman–Crippen MR) is 108 cm³/mol. The van der Waals surface area contributed by atoms with E-state index in [1.807, 2.05) is 0 Å². The molecule has 0 saturated carbocycles. The summed E-state index contributed by atoms with van der Waals surface area (Å²) in [5.41, 5.74) is -0.744. The van der Waals surface area contributed by atoms with Crippen LogP contribution in [0.5, 0.6) is 11.5 Å². The minimum atomic E-state index is -4.61. The van der Waals surface area contributed by atoms with Gasteiger partial charge in [-0.15, -0.1) is 0 Å². The Hall–Kier alpha value is -2.94. The zero-order chi connectivity index (χ0) is 22.6. The number of alkyl halides is 3. The highest BCUT2D eigenvalue weighted by atomic mass is 35.5. The maximum Gasteiger partial charge on any atom is 0.418 e. The molecule has 31 heavy (non-hydrogen) atoms. The summed E-state index contributed by atoms with van der Waals surface area (Å²) in [7, 11) is 0. The van der Waals surface area contributed by atoms with Crippen molar-refractivity contribution in [3.63, 3.8) is 0 Å². The largest absolute Gasteiger partial charge is 0.486 e. The third-order valence-electron chi connectivity index (χ3n) is 4.59. The van der Waals surface area contributed by atoms with E-state index in [-0.39, 0.29) is 31.1 Å². The van der Waals surface area contributed by atoms with Gasteiger partial charge >= 0.3 is 6.18 Å². The van der Waals surface area contributed by atoms with E-state index in [2.05, 4.69) is 5.32 Å². The summed E-state index contributed by atoms with van der Waals surface area (Å²) >= 11 is 6.18. The van der Waals surface area contributed by atoms with Crippen LogP contribution >= 0.6 is 11.6 Å². The van der Waals surface area contributed by atoms with Gasteiger partial charge in [-0.05, 0) is 36.8 Å². The molecular formula is C21H20ClF3N2O4. The molecule has 10 heteroatoms. The molecule has 2 amide bonds. The fraction of sp³-hybridized carbons (Fsp3) is 0.333. The van der Waals surface area contributed by atoms with Gasteiger partial charge in [-0.1, -0.05) is 23.7 Å². The van der Waals surface area contributed by atoms with Gasteiger partial charge < -0.3 is 19.7 Å². The summed E-state index contributed by atoms with van der Waals surface area (Å²) in [5, 5.41) is 2.55. The number of nitrogens with zero attached hydrogens (tertiary/aromatic N) is 1. The highest BCUT2D eigenvalue weighted by Crippen LogP contribution is 2.38. The number of halogens is 4. The van der Waals surface area contributed by atoms with Crippen LogP contribution in [0.1, 0.15) is 18.1 Å². The summed E-state index contributed by atoms with van der Waals surface area (Å²) in [5.74, 6) is -0.258. The Kier molecular flexibility index (Phi) is 6.94. The third kappa shape index (κ3) is 5.61. The number of carbonyl (C=O) groups excluding carboxylic acids is 2. The number of rotatable bonds is 6. The first-order valence-corrected chi connectivity index (χ1v) is 9.88. The van der Waals surface area contributed by atoms with Crippen LogP contribution in [0.4, 0.5) is 18.9 Å². The fourth-order valence-corrected chi connectivity index (χ4v) is 3.42. The SMILES string of the molecule is CCN(CC(=O)Nc1ccccc1C(F)(F)F)C(=O)Cc1cc(Cl)c2c(c1)OCCO2. The van der Waals surface area contributed by atoms with Crippen LogP contribution in [0.3, 0.4) is 0 Å². The van der Waals surface area contributed by atoms with Crippen molar-refractivity contribution < 1.29 is 32.2 Å². The lowest BCUT2D eigenvalue weighted by atomic mass is 10.1. The van der Waals surface area contributed by atoms with Gasteiger partial charge in [-0.2, -0.15) is 13.2 Å². The Morgan fingerprint density at radius 2 is 1.87 bits per heavy atom. The first-order chi connectivity index (χ1) is 14.7. The van der Waals surface area contributed by atoms with Crippen molar-refractivity contribution in [3.05, 3.63) is 52.5 Å². The van der Waals surface area contributed by atoms with Crippen LogP contribution < -0.4 is 14.8 Å². The number of hydrogen-bond acceptors (Lipinski definition) is 4. The Morgan fingerprint density at radius 3 is 2.58 bits per heavy atom. The second-order valence-electron chi connectivity index (χ2n) is 6.78. The third-order valence-corrected chi connectivity index (χ3v) is 4.87. The van der Waals surface area contributed by atoms with E-state index in [1.165, 1.54) is 17.0 Å². The van der Waals surface area contributed by atoms with Crippen LogP contribution in [0.15, 0.2) is 36.4 Å². The number of hydrogen-bond donors (Lipinski definition) is 1. The zero-order valence-electron chi connectivity index (χ0n) is 16.6. The molecule has 0 unspecified atom stereocenters. The van der Waals surface area contributed by atoms with Gasteiger partial charge in [-0.25, -0.2) is 0 Å². The fourth-order valence-electron chi connectivity index (χ4n) is 3.13. The van der Waals surface area contributed by atoms with Gasteiger partial charge in [-0.3, -0.25) is 9.59 Å². The van der Waals surface area contributed by atoms with E-state index in [0.717, 1.165) is 12.1 Å². The van der Waals surface area contributed by atoms with Crippen molar-refractivity contribution in [2.24, 2.45) is 0 Å². The van der Waals surface area contributed by atoms with Crippen molar-refractivity contribution in [2.75, 3.05) is 31.6 Å². The molecule has 1 aliphatic rings. The van der Waals surface area contributed by atoms with E-state index in [0.29, 0.717) is 35.3 Å². The lowest BCUT2D eigenvalue weighted by Gasteiger charge is -2.23. The van der Waals surface area contributed by atoms with E-state index in [9.17, 15) is 22.8 Å². The highest BCUT2D eigenvalue weighted by Gasteiger charge is 2.33. The summed E-state index contributed by atoms with van der Waals surface area (Å²) in [6.45, 7) is 2.22. The van der Waals surface area contributed by atoms with Gasteiger partial charge in [0.1, 0.15) is 13.2 Å². The molecule has 2 aromatic rings. The number of para-hydroxylation sites is 1. The molecule has 0 saturated heterocycles. The van der Waals surface area contributed by atoms with Crippen LogP contribution in [0, 0.1) is 0 Å². The average molecular weight is 457 g/mol. The summed E-state index contributed by atoms with van der Waals surface area (Å²) in [4.78, 5) is 26.3. The summed E-state index contributed by atoms with van der Waals surface area (Å²) in [6, 6.07) is 7.89. The Labute approximate surface area is 181 Å². The monoisotopic (exact) mass is 456 g/mol. The van der Waals surface area contributed by atoms with Crippen LogP contribution in [0.2, 0.25) is 5.02 Å². The van der Waals surface area contributed by atoms with Crippen LogP contribution in [-0.4, -0.2) is 43.0 Å². The standard InChI is InChI=1S/C21H20ClF3N2O4/c1-2-27(12-18(28)26-16-6-4-3-5-14(16)21(23,24)25)19(29)11-13-9-15(22)20-17(10-13)30-7-8-31-20/h3-6,9-10H,2,7-8,11-12H2,1H3,(H,26,28). The maximum atomic E-state index is 13.1. The summed E-state index contributed by atoms with van der Waals surface area (Å²) in [6.07, 6.45) is -4.67.